The van der Waals surface area contributed by atoms with E-state index in [1.165, 1.54) is 31.2 Å². The molecule has 1 unspecified atom stereocenters. The largest absolute Gasteiger partial charge is 0.480 e. The van der Waals surface area contributed by atoms with Crippen LogP contribution in [0.25, 0.3) is 11.3 Å². The molecule has 0 aliphatic rings. The third-order valence-corrected chi connectivity index (χ3v) is 4.63. The minimum absolute atomic E-state index is 0.0553. The molecule has 1 amide bonds. The van der Waals surface area contributed by atoms with E-state index in [4.69, 9.17) is 21.2 Å². The highest BCUT2D eigenvalue weighted by molar-refractivity contribution is 6.43. The summed E-state index contributed by atoms with van der Waals surface area (Å²) in [6.45, 7) is 1.54. The van der Waals surface area contributed by atoms with Crippen molar-refractivity contribution in [2.75, 3.05) is 0 Å². The highest BCUT2D eigenvalue weighted by Crippen LogP contribution is 2.31. The van der Waals surface area contributed by atoms with Gasteiger partial charge in [0.15, 0.2) is 0 Å². The van der Waals surface area contributed by atoms with Gasteiger partial charge in [0, 0.05) is 5.56 Å². The molecule has 3 rings (SSSR count). The molecule has 8 nitrogen and oxygen atoms in total. The smallest absolute Gasteiger partial charge is 0.478 e. The molecule has 10 heteroatoms. The Morgan fingerprint density at radius 2 is 1.90 bits per heavy atom. The fraction of sp³-hybridized carbons (Fsp3) is 0.105. The maximum absolute atomic E-state index is 12.9. The molecule has 1 aromatic heterocycles. The summed E-state index contributed by atoms with van der Waals surface area (Å²) in [6.07, 6.45) is 0. The zero-order valence-electron chi connectivity index (χ0n) is 15.2. The Balaban J connectivity index is 1.97. The number of rotatable bonds is 6. The zero-order valence-corrected chi connectivity index (χ0v) is 15.9. The maximum atomic E-state index is 12.9. The average molecular weight is 415 g/mol. The van der Waals surface area contributed by atoms with Gasteiger partial charge in [-0.3, -0.25) is 4.79 Å². The number of aryl methyl sites for hydroxylation is 1. The summed E-state index contributed by atoms with van der Waals surface area (Å²) < 4.78 is 5.15. The SMILES string of the molecule is Cc1onc(-c2ccccc2Cl)c1C(=O)NC(B(O)O)c1cccc(C(=O)O)c1. The van der Waals surface area contributed by atoms with Crippen molar-refractivity contribution < 1.29 is 29.3 Å². The molecule has 0 radical (unpaired) electrons. The molecule has 4 N–H and O–H groups in total. The number of aromatic nitrogens is 1. The number of hydrogen-bond donors (Lipinski definition) is 4. The van der Waals surface area contributed by atoms with Gasteiger partial charge in [0.05, 0.1) is 16.5 Å². The van der Waals surface area contributed by atoms with E-state index in [0.29, 0.717) is 10.6 Å². The van der Waals surface area contributed by atoms with E-state index in [9.17, 15) is 19.6 Å². The molecule has 0 saturated carbocycles. The van der Waals surface area contributed by atoms with Gasteiger partial charge in [0.2, 0.25) is 0 Å². The summed E-state index contributed by atoms with van der Waals surface area (Å²) in [7, 11) is -1.98. The van der Waals surface area contributed by atoms with Gasteiger partial charge in [0.25, 0.3) is 5.91 Å². The van der Waals surface area contributed by atoms with E-state index in [0.717, 1.165) is 0 Å². The average Bonchev–Trinajstić information content (AvgIpc) is 3.07. The Morgan fingerprint density at radius 3 is 2.55 bits per heavy atom. The van der Waals surface area contributed by atoms with Crippen LogP contribution in [0.1, 0.15) is 38.0 Å². The van der Waals surface area contributed by atoms with Gasteiger partial charge in [0.1, 0.15) is 17.0 Å². The van der Waals surface area contributed by atoms with E-state index in [-0.39, 0.29) is 28.1 Å². The van der Waals surface area contributed by atoms with Gasteiger partial charge < -0.3 is 25.0 Å². The van der Waals surface area contributed by atoms with Crippen molar-refractivity contribution in [2.24, 2.45) is 0 Å². The molecular formula is C19H16BClN2O6. The number of hydrogen-bond acceptors (Lipinski definition) is 6. The van der Waals surface area contributed by atoms with Crippen LogP contribution in [0.15, 0.2) is 53.1 Å². The standard InChI is InChI=1S/C19H16BClN2O6/c1-10-15(16(23-29-10)13-7-2-3-8-14(13)21)18(24)22-17(20(27)28)11-5-4-6-12(9-11)19(25)26/h2-9,17,27-28H,1H3,(H,22,24)(H,25,26). The van der Waals surface area contributed by atoms with E-state index in [2.05, 4.69) is 10.5 Å². The number of nitrogens with zero attached hydrogens (tertiary/aromatic N) is 1. The third kappa shape index (κ3) is 4.32. The number of carbonyl (C=O) groups excluding carboxylic acids is 1. The first-order valence-corrected chi connectivity index (χ1v) is 8.88. The highest BCUT2D eigenvalue weighted by atomic mass is 35.5. The second kappa shape index (κ2) is 8.48. The van der Waals surface area contributed by atoms with Crippen molar-refractivity contribution >= 4 is 30.6 Å². The number of aromatic carboxylic acids is 1. The van der Waals surface area contributed by atoms with Crippen molar-refractivity contribution in [3.63, 3.8) is 0 Å². The molecule has 0 saturated heterocycles. The molecule has 2 aromatic carbocycles. The second-order valence-electron chi connectivity index (χ2n) is 6.24. The minimum atomic E-state index is -1.98. The van der Waals surface area contributed by atoms with Gasteiger partial charge in [-0.05, 0) is 30.7 Å². The topological polar surface area (TPSA) is 133 Å². The first kappa shape index (κ1) is 20.6. The summed E-state index contributed by atoms with van der Waals surface area (Å²) in [4.78, 5) is 24.1. The van der Waals surface area contributed by atoms with Crippen LogP contribution < -0.4 is 5.32 Å². The first-order valence-electron chi connectivity index (χ1n) is 8.51. The normalized spacial score (nSPS) is 11.7. The quantitative estimate of drug-likeness (QED) is 0.455. The minimum Gasteiger partial charge on any atom is -0.478 e. The lowest BCUT2D eigenvalue weighted by atomic mass is 9.74. The monoisotopic (exact) mass is 414 g/mol. The summed E-state index contributed by atoms with van der Waals surface area (Å²) in [6, 6.07) is 12.3. The molecule has 0 fully saturated rings. The Kier molecular flexibility index (Phi) is 6.02. The Bertz CT molecular complexity index is 1070. The summed E-state index contributed by atoms with van der Waals surface area (Å²) in [5, 5.41) is 35.5. The van der Waals surface area contributed by atoms with E-state index < -0.39 is 24.9 Å². The van der Waals surface area contributed by atoms with Gasteiger partial charge in [-0.25, -0.2) is 4.79 Å². The number of carboxylic acids is 1. The number of carbonyl (C=O) groups is 2. The predicted molar refractivity (Wildman–Crippen MR) is 105 cm³/mol. The molecule has 29 heavy (non-hydrogen) atoms. The van der Waals surface area contributed by atoms with Crippen LogP contribution in [-0.4, -0.2) is 39.3 Å². The first-order chi connectivity index (χ1) is 13.8. The lowest BCUT2D eigenvalue weighted by molar-refractivity contribution is 0.0696. The van der Waals surface area contributed by atoms with Crippen LogP contribution in [0.3, 0.4) is 0 Å². The third-order valence-electron chi connectivity index (χ3n) is 4.30. The zero-order chi connectivity index (χ0) is 21.1. The molecule has 1 heterocycles. The second-order valence-corrected chi connectivity index (χ2v) is 6.64. The van der Waals surface area contributed by atoms with E-state index in [1.54, 1.807) is 24.3 Å². The lowest BCUT2D eigenvalue weighted by Crippen LogP contribution is -2.39. The van der Waals surface area contributed by atoms with Crippen molar-refractivity contribution in [3.05, 3.63) is 76.0 Å². The molecule has 148 valence electrons. The molecule has 1 atom stereocenters. The Hall–Kier alpha value is -3.14. The summed E-state index contributed by atoms with van der Waals surface area (Å²) in [5.41, 5.74) is 0.918. The lowest BCUT2D eigenvalue weighted by Gasteiger charge is -2.19. The molecule has 0 aliphatic carbocycles. The number of halogens is 1. The van der Waals surface area contributed by atoms with Crippen LogP contribution in [0.5, 0.6) is 0 Å². The fourth-order valence-corrected chi connectivity index (χ4v) is 3.11. The van der Waals surface area contributed by atoms with E-state index >= 15 is 0 Å². The maximum Gasteiger partial charge on any atom is 0.480 e. The van der Waals surface area contributed by atoms with Crippen molar-refractivity contribution in [3.8, 4) is 11.3 Å². The highest BCUT2D eigenvalue weighted by Gasteiger charge is 2.31. The number of nitrogens with one attached hydrogen (secondary N) is 1. The fourth-order valence-electron chi connectivity index (χ4n) is 2.89. The molecule has 0 aliphatic heterocycles. The van der Waals surface area contributed by atoms with Gasteiger partial charge in [-0.15, -0.1) is 0 Å². The molecule has 0 bridgehead atoms. The summed E-state index contributed by atoms with van der Waals surface area (Å²) >= 11 is 6.19. The number of carboxylic acid groups (broad SMARTS) is 1. The van der Waals surface area contributed by atoms with Crippen LogP contribution in [0.4, 0.5) is 0 Å². The Morgan fingerprint density at radius 1 is 1.17 bits per heavy atom. The van der Waals surface area contributed by atoms with E-state index in [1.807, 2.05) is 0 Å². The predicted octanol–water partition coefficient (Wildman–Crippen LogP) is 2.48. The number of amides is 1. The van der Waals surface area contributed by atoms with Crippen LogP contribution in [0.2, 0.25) is 5.02 Å². The van der Waals surface area contributed by atoms with Crippen molar-refractivity contribution in [2.45, 2.75) is 12.9 Å². The van der Waals surface area contributed by atoms with Crippen LogP contribution >= 0.6 is 11.6 Å². The molecule has 3 aromatic rings. The molecule has 0 spiro atoms. The Labute approximate surface area is 170 Å². The van der Waals surface area contributed by atoms with Gasteiger partial charge in [-0.2, -0.15) is 0 Å². The van der Waals surface area contributed by atoms with Gasteiger partial charge in [-0.1, -0.05) is 47.1 Å². The summed E-state index contributed by atoms with van der Waals surface area (Å²) in [5.74, 6) is -2.93. The molecular weight excluding hydrogens is 398 g/mol. The number of benzene rings is 2. The van der Waals surface area contributed by atoms with Gasteiger partial charge >= 0.3 is 13.1 Å². The van der Waals surface area contributed by atoms with Crippen LogP contribution in [0, 0.1) is 6.92 Å². The van der Waals surface area contributed by atoms with Crippen molar-refractivity contribution in [1.29, 1.82) is 0 Å². The van der Waals surface area contributed by atoms with Crippen molar-refractivity contribution in [1.82, 2.24) is 10.5 Å². The van der Waals surface area contributed by atoms with Crippen LogP contribution in [-0.2, 0) is 0 Å².